The SMILES string of the molecule is CCCNC(COC(C)C)c1cc(C)ccc1Br. The molecule has 1 N–H and O–H groups in total. The van der Waals surface area contributed by atoms with Gasteiger partial charge in [-0.15, -0.1) is 0 Å². The van der Waals surface area contributed by atoms with Gasteiger partial charge in [-0.2, -0.15) is 0 Å². The Morgan fingerprint density at radius 3 is 2.67 bits per heavy atom. The molecule has 0 saturated heterocycles. The van der Waals surface area contributed by atoms with Crippen LogP contribution in [0.25, 0.3) is 0 Å². The van der Waals surface area contributed by atoms with Crippen LogP contribution >= 0.6 is 15.9 Å². The second-order valence-corrected chi connectivity index (χ2v) is 5.77. The molecule has 2 nitrogen and oxygen atoms in total. The molecule has 0 heterocycles. The fraction of sp³-hybridized carbons (Fsp3) is 0.600. The number of ether oxygens (including phenoxy) is 1. The summed E-state index contributed by atoms with van der Waals surface area (Å²) < 4.78 is 6.91. The third-order valence-corrected chi connectivity index (χ3v) is 3.49. The third-order valence-electron chi connectivity index (χ3n) is 2.76. The van der Waals surface area contributed by atoms with Crippen LogP contribution in [0, 0.1) is 6.92 Å². The van der Waals surface area contributed by atoms with Gasteiger partial charge in [0, 0.05) is 4.47 Å². The second kappa shape index (κ2) is 7.93. The Bertz CT molecular complexity index is 366. The summed E-state index contributed by atoms with van der Waals surface area (Å²) in [6.07, 6.45) is 1.39. The van der Waals surface area contributed by atoms with Gasteiger partial charge in [-0.05, 0) is 45.4 Å². The summed E-state index contributed by atoms with van der Waals surface area (Å²) in [6.45, 7) is 10.2. The van der Waals surface area contributed by atoms with Crippen molar-refractivity contribution >= 4 is 15.9 Å². The molecule has 1 rings (SSSR count). The normalized spacial score (nSPS) is 13.0. The van der Waals surface area contributed by atoms with Crippen LogP contribution < -0.4 is 5.32 Å². The molecule has 0 amide bonds. The minimum absolute atomic E-state index is 0.252. The molecular formula is C15H24BrNO. The lowest BCUT2D eigenvalue weighted by Gasteiger charge is -2.22. The van der Waals surface area contributed by atoms with Gasteiger partial charge in [0.25, 0.3) is 0 Å². The zero-order chi connectivity index (χ0) is 13.5. The van der Waals surface area contributed by atoms with Crippen molar-refractivity contribution in [1.82, 2.24) is 5.32 Å². The highest BCUT2D eigenvalue weighted by atomic mass is 79.9. The Kier molecular flexibility index (Phi) is 6.90. The predicted octanol–water partition coefficient (Wildman–Crippen LogP) is 4.22. The molecule has 0 fully saturated rings. The first-order valence-corrected chi connectivity index (χ1v) is 7.45. The maximum absolute atomic E-state index is 5.77. The van der Waals surface area contributed by atoms with Crippen LogP contribution in [0.4, 0.5) is 0 Å². The summed E-state index contributed by atoms with van der Waals surface area (Å²) in [4.78, 5) is 0. The molecule has 0 aromatic heterocycles. The van der Waals surface area contributed by atoms with Crippen LogP contribution in [0.1, 0.15) is 44.4 Å². The largest absolute Gasteiger partial charge is 0.377 e. The van der Waals surface area contributed by atoms with E-state index in [2.05, 4.69) is 67.1 Å². The molecule has 0 aliphatic carbocycles. The van der Waals surface area contributed by atoms with Crippen LogP contribution in [0.5, 0.6) is 0 Å². The van der Waals surface area contributed by atoms with Crippen molar-refractivity contribution in [1.29, 1.82) is 0 Å². The van der Waals surface area contributed by atoms with E-state index in [-0.39, 0.29) is 12.1 Å². The standard InChI is InChI=1S/C15H24BrNO/c1-5-8-17-15(10-18-11(2)3)13-9-12(4)6-7-14(13)16/h6-7,9,11,15,17H,5,8,10H2,1-4H3. The highest BCUT2D eigenvalue weighted by Crippen LogP contribution is 2.25. The Morgan fingerprint density at radius 2 is 2.06 bits per heavy atom. The van der Waals surface area contributed by atoms with Crippen molar-refractivity contribution in [2.45, 2.75) is 46.3 Å². The van der Waals surface area contributed by atoms with Crippen LogP contribution in [-0.2, 0) is 4.74 Å². The van der Waals surface area contributed by atoms with Gasteiger partial charge in [-0.3, -0.25) is 0 Å². The monoisotopic (exact) mass is 313 g/mol. The first-order valence-electron chi connectivity index (χ1n) is 6.65. The van der Waals surface area contributed by atoms with E-state index in [0.717, 1.165) is 17.4 Å². The van der Waals surface area contributed by atoms with Gasteiger partial charge in [-0.1, -0.05) is 40.5 Å². The molecule has 0 bridgehead atoms. The Morgan fingerprint density at radius 1 is 1.33 bits per heavy atom. The van der Waals surface area contributed by atoms with E-state index in [9.17, 15) is 0 Å². The highest BCUT2D eigenvalue weighted by molar-refractivity contribution is 9.10. The third kappa shape index (κ3) is 5.09. The zero-order valence-corrected chi connectivity index (χ0v) is 13.4. The molecule has 1 aromatic carbocycles. The van der Waals surface area contributed by atoms with Crippen LogP contribution in [0.3, 0.4) is 0 Å². The Hall–Kier alpha value is -0.380. The summed E-state index contributed by atoms with van der Waals surface area (Å²) >= 11 is 3.63. The van der Waals surface area contributed by atoms with Gasteiger partial charge >= 0.3 is 0 Å². The lowest BCUT2D eigenvalue weighted by atomic mass is 10.0. The second-order valence-electron chi connectivity index (χ2n) is 4.91. The van der Waals surface area contributed by atoms with Crippen LogP contribution in [0.2, 0.25) is 0 Å². The molecule has 1 atom stereocenters. The summed E-state index contributed by atoms with van der Waals surface area (Å²) in [5, 5.41) is 3.55. The lowest BCUT2D eigenvalue weighted by Crippen LogP contribution is -2.28. The fourth-order valence-electron chi connectivity index (χ4n) is 1.80. The first-order chi connectivity index (χ1) is 8.54. The van der Waals surface area contributed by atoms with Crippen LogP contribution in [0.15, 0.2) is 22.7 Å². The highest BCUT2D eigenvalue weighted by Gasteiger charge is 2.15. The smallest absolute Gasteiger partial charge is 0.0665 e. The molecule has 1 aromatic rings. The fourth-order valence-corrected chi connectivity index (χ4v) is 2.32. The van der Waals surface area contributed by atoms with E-state index < -0.39 is 0 Å². The van der Waals surface area contributed by atoms with Crippen molar-refractivity contribution in [3.8, 4) is 0 Å². The van der Waals surface area contributed by atoms with E-state index in [1.165, 1.54) is 11.1 Å². The van der Waals surface area contributed by atoms with Gasteiger partial charge in [0.05, 0.1) is 18.8 Å². The van der Waals surface area contributed by atoms with E-state index in [1.54, 1.807) is 0 Å². The van der Waals surface area contributed by atoms with Crippen molar-refractivity contribution in [2.24, 2.45) is 0 Å². The molecule has 1 unspecified atom stereocenters. The number of aryl methyl sites for hydroxylation is 1. The summed E-state index contributed by atoms with van der Waals surface area (Å²) in [7, 11) is 0. The maximum atomic E-state index is 5.77. The minimum Gasteiger partial charge on any atom is -0.377 e. The van der Waals surface area contributed by atoms with Gasteiger partial charge in [0.2, 0.25) is 0 Å². The Labute approximate surface area is 119 Å². The number of nitrogens with one attached hydrogen (secondary N) is 1. The molecule has 0 spiro atoms. The molecule has 3 heteroatoms. The van der Waals surface area contributed by atoms with Crippen molar-refractivity contribution < 1.29 is 4.74 Å². The molecule has 18 heavy (non-hydrogen) atoms. The number of hydrogen-bond donors (Lipinski definition) is 1. The zero-order valence-electron chi connectivity index (χ0n) is 11.8. The van der Waals surface area contributed by atoms with E-state index in [1.807, 2.05) is 0 Å². The topological polar surface area (TPSA) is 21.3 Å². The molecular weight excluding hydrogens is 290 g/mol. The molecule has 0 aliphatic heterocycles. The average Bonchev–Trinajstić information content (AvgIpc) is 2.32. The predicted molar refractivity (Wildman–Crippen MR) is 81.0 cm³/mol. The number of halogens is 1. The maximum Gasteiger partial charge on any atom is 0.0665 e. The number of benzene rings is 1. The van der Waals surface area contributed by atoms with Crippen molar-refractivity contribution in [2.75, 3.05) is 13.2 Å². The Balaban J connectivity index is 2.82. The molecule has 0 radical (unpaired) electrons. The quantitative estimate of drug-likeness (QED) is 0.813. The van der Waals surface area contributed by atoms with Gasteiger partial charge in [0.15, 0.2) is 0 Å². The van der Waals surface area contributed by atoms with E-state index >= 15 is 0 Å². The van der Waals surface area contributed by atoms with E-state index in [0.29, 0.717) is 6.61 Å². The summed E-state index contributed by atoms with van der Waals surface area (Å²) in [5.74, 6) is 0. The minimum atomic E-state index is 0.252. The molecule has 102 valence electrons. The van der Waals surface area contributed by atoms with Gasteiger partial charge in [0.1, 0.15) is 0 Å². The summed E-state index contributed by atoms with van der Waals surface area (Å²) in [6, 6.07) is 6.71. The average molecular weight is 314 g/mol. The number of hydrogen-bond acceptors (Lipinski definition) is 2. The summed E-state index contributed by atoms with van der Waals surface area (Å²) in [5.41, 5.74) is 2.56. The van der Waals surface area contributed by atoms with Crippen LogP contribution in [-0.4, -0.2) is 19.3 Å². The number of rotatable bonds is 7. The van der Waals surface area contributed by atoms with Gasteiger partial charge in [-0.25, -0.2) is 0 Å². The molecule has 0 aliphatic rings. The molecule has 0 saturated carbocycles. The van der Waals surface area contributed by atoms with Crippen molar-refractivity contribution in [3.63, 3.8) is 0 Å². The first kappa shape index (κ1) is 15.7. The van der Waals surface area contributed by atoms with Crippen molar-refractivity contribution in [3.05, 3.63) is 33.8 Å². The van der Waals surface area contributed by atoms with E-state index in [4.69, 9.17) is 4.74 Å². The van der Waals surface area contributed by atoms with Gasteiger partial charge < -0.3 is 10.1 Å². The lowest BCUT2D eigenvalue weighted by molar-refractivity contribution is 0.0610.